The van der Waals surface area contributed by atoms with Crippen LogP contribution in [0.3, 0.4) is 0 Å². The highest BCUT2D eigenvalue weighted by Crippen LogP contribution is 2.13. The fraction of sp³-hybridized carbons (Fsp3) is 0.579. The van der Waals surface area contributed by atoms with Gasteiger partial charge in [-0.25, -0.2) is 4.79 Å². The molecule has 2 amide bonds. The van der Waals surface area contributed by atoms with Gasteiger partial charge in [0.1, 0.15) is 17.8 Å². The summed E-state index contributed by atoms with van der Waals surface area (Å²) in [7, 11) is 1.29. The van der Waals surface area contributed by atoms with Crippen LogP contribution in [-0.2, 0) is 14.3 Å². The van der Waals surface area contributed by atoms with E-state index in [0.717, 1.165) is 0 Å². The summed E-state index contributed by atoms with van der Waals surface area (Å²) in [5.74, 6) is -1.52. The molecule has 4 atom stereocenters. The van der Waals surface area contributed by atoms with Gasteiger partial charge in [-0.05, 0) is 24.0 Å². The number of rotatable bonds is 9. The average molecular weight is 363 g/mol. The SMILES string of the molecule is CC[C@H](C)[C@H](NC(=O)c1ccccn1)C(=O)N[C@H](C(=O)OC)[C@@H](C)CC. The molecular formula is C19H29N3O4. The van der Waals surface area contributed by atoms with Gasteiger partial charge in [0.05, 0.1) is 7.11 Å². The molecule has 0 aliphatic heterocycles. The summed E-state index contributed by atoms with van der Waals surface area (Å²) in [5.41, 5.74) is 0.236. The zero-order chi connectivity index (χ0) is 19.7. The van der Waals surface area contributed by atoms with E-state index in [1.807, 2.05) is 27.7 Å². The summed E-state index contributed by atoms with van der Waals surface area (Å²) in [6.45, 7) is 7.61. The Morgan fingerprint density at radius 3 is 2.15 bits per heavy atom. The topological polar surface area (TPSA) is 97.4 Å². The molecule has 0 unspecified atom stereocenters. The normalized spacial score (nSPS) is 15.3. The van der Waals surface area contributed by atoms with Crippen LogP contribution in [-0.4, -0.2) is 42.0 Å². The highest BCUT2D eigenvalue weighted by atomic mass is 16.5. The molecule has 0 aliphatic carbocycles. The number of methoxy groups -OCH3 is 1. The number of carbonyl (C=O) groups excluding carboxylic acids is 3. The fourth-order valence-electron chi connectivity index (χ4n) is 2.45. The summed E-state index contributed by atoms with van der Waals surface area (Å²) < 4.78 is 4.80. The number of aromatic nitrogens is 1. The summed E-state index contributed by atoms with van der Waals surface area (Å²) in [6.07, 6.45) is 2.91. The van der Waals surface area contributed by atoms with Crippen LogP contribution in [0.5, 0.6) is 0 Å². The second kappa shape index (κ2) is 10.5. The fourth-order valence-corrected chi connectivity index (χ4v) is 2.45. The van der Waals surface area contributed by atoms with Gasteiger partial charge < -0.3 is 15.4 Å². The van der Waals surface area contributed by atoms with Crippen molar-refractivity contribution in [1.82, 2.24) is 15.6 Å². The van der Waals surface area contributed by atoms with E-state index in [0.29, 0.717) is 12.8 Å². The van der Waals surface area contributed by atoms with E-state index < -0.39 is 29.9 Å². The smallest absolute Gasteiger partial charge is 0.328 e. The lowest BCUT2D eigenvalue weighted by molar-refractivity contribution is -0.147. The Bertz CT molecular complexity index is 606. The van der Waals surface area contributed by atoms with E-state index in [-0.39, 0.29) is 17.5 Å². The Hall–Kier alpha value is -2.44. The van der Waals surface area contributed by atoms with Gasteiger partial charge in [0.15, 0.2) is 0 Å². The highest BCUT2D eigenvalue weighted by Gasteiger charge is 2.32. The van der Waals surface area contributed by atoms with Crippen LogP contribution in [0.1, 0.15) is 51.0 Å². The van der Waals surface area contributed by atoms with Crippen molar-refractivity contribution >= 4 is 17.8 Å². The van der Waals surface area contributed by atoms with E-state index in [1.54, 1.807) is 18.2 Å². The first-order valence-electron chi connectivity index (χ1n) is 8.95. The van der Waals surface area contributed by atoms with Gasteiger partial charge in [-0.15, -0.1) is 0 Å². The number of hydrogen-bond acceptors (Lipinski definition) is 5. The molecule has 144 valence electrons. The second-order valence-electron chi connectivity index (χ2n) is 6.45. The molecule has 0 bridgehead atoms. The van der Waals surface area contributed by atoms with Crippen molar-refractivity contribution in [3.63, 3.8) is 0 Å². The van der Waals surface area contributed by atoms with Crippen molar-refractivity contribution in [2.24, 2.45) is 11.8 Å². The van der Waals surface area contributed by atoms with Crippen LogP contribution in [0.4, 0.5) is 0 Å². The molecule has 0 aliphatic rings. The molecule has 1 aromatic heterocycles. The van der Waals surface area contributed by atoms with Gasteiger partial charge in [0.2, 0.25) is 5.91 Å². The van der Waals surface area contributed by atoms with E-state index in [9.17, 15) is 14.4 Å². The molecule has 1 aromatic rings. The Labute approximate surface area is 154 Å². The predicted molar refractivity (Wildman–Crippen MR) is 98.3 cm³/mol. The first-order valence-corrected chi connectivity index (χ1v) is 8.95. The van der Waals surface area contributed by atoms with Gasteiger partial charge in [0.25, 0.3) is 5.91 Å². The molecule has 0 aromatic carbocycles. The van der Waals surface area contributed by atoms with E-state index in [1.165, 1.54) is 13.3 Å². The molecule has 26 heavy (non-hydrogen) atoms. The third kappa shape index (κ3) is 5.82. The van der Waals surface area contributed by atoms with Crippen LogP contribution in [0.25, 0.3) is 0 Å². The summed E-state index contributed by atoms with van der Waals surface area (Å²) in [6, 6.07) is 3.47. The molecular weight excluding hydrogens is 334 g/mol. The van der Waals surface area contributed by atoms with Crippen molar-refractivity contribution in [2.75, 3.05) is 7.11 Å². The maximum atomic E-state index is 12.8. The number of carbonyl (C=O) groups is 3. The van der Waals surface area contributed by atoms with Crippen molar-refractivity contribution in [2.45, 2.75) is 52.6 Å². The monoisotopic (exact) mass is 363 g/mol. The Balaban J connectivity index is 2.95. The largest absolute Gasteiger partial charge is 0.467 e. The van der Waals surface area contributed by atoms with Crippen molar-refractivity contribution in [1.29, 1.82) is 0 Å². The molecule has 0 fully saturated rings. The molecule has 1 rings (SSSR count). The number of nitrogens with zero attached hydrogens (tertiary/aromatic N) is 1. The maximum absolute atomic E-state index is 12.8. The third-order valence-electron chi connectivity index (χ3n) is 4.65. The lowest BCUT2D eigenvalue weighted by Crippen LogP contribution is -2.55. The van der Waals surface area contributed by atoms with Crippen LogP contribution in [0, 0.1) is 11.8 Å². The van der Waals surface area contributed by atoms with Crippen LogP contribution < -0.4 is 10.6 Å². The van der Waals surface area contributed by atoms with E-state index in [2.05, 4.69) is 15.6 Å². The minimum atomic E-state index is -0.772. The minimum absolute atomic E-state index is 0.0875. The number of pyridine rings is 1. The molecule has 0 saturated heterocycles. The summed E-state index contributed by atoms with van der Waals surface area (Å²) in [5, 5.41) is 5.48. The molecule has 7 nitrogen and oxygen atoms in total. The van der Waals surface area contributed by atoms with Gasteiger partial charge in [0, 0.05) is 6.20 Å². The van der Waals surface area contributed by atoms with Crippen molar-refractivity contribution < 1.29 is 19.1 Å². The van der Waals surface area contributed by atoms with Crippen LogP contribution in [0.15, 0.2) is 24.4 Å². The maximum Gasteiger partial charge on any atom is 0.328 e. The van der Waals surface area contributed by atoms with E-state index in [4.69, 9.17) is 4.74 Å². The van der Waals surface area contributed by atoms with Crippen LogP contribution in [0.2, 0.25) is 0 Å². The van der Waals surface area contributed by atoms with Gasteiger partial charge in [-0.3, -0.25) is 14.6 Å². The number of ether oxygens (including phenoxy) is 1. The van der Waals surface area contributed by atoms with Gasteiger partial charge in [-0.2, -0.15) is 0 Å². The molecule has 7 heteroatoms. The number of hydrogen-bond donors (Lipinski definition) is 2. The Morgan fingerprint density at radius 2 is 1.65 bits per heavy atom. The minimum Gasteiger partial charge on any atom is -0.467 e. The number of nitrogens with one attached hydrogen (secondary N) is 2. The molecule has 0 saturated carbocycles. The predicted octanol–water partition coefficient (Wildman–Crippen LogP) is 1.93. The summed E-state index contributed by atoms with van der Waals surface area (Å²) >= 11 is 0. The van der Waals surface area contributed by atoms with Gasteiger partial charge >= 0.3 is 5.97 Å². The highest BCUT2D eigenvalue weighted by molar-refractivity contribution is 5.97. The molecule has 1 heterocycles. The van der Waals surface area contributed by atoms with Crippen LogP contribution >= 0.6 is 0 Å². The number of esters is 1. The zero-order valence-corrected chi connectivity index (χ0v) is 16.1. The van der Waals surface area contributed by atoms with Gasteiger partial charge in [-0.1, -0.05) is 46.6 Å². The zero-order valence-electron chi connectivity index (χ0n) is 16.1. The van der Waals surface area contributed by atoms with E-state index >= 15 is 0 Å². The molecule has 0 spiro atoms. The average Bonchev–Trinajstić information content (AvgIpc) is 2.68. The third-order valence-corrected chi connectivity index (χ3v) is 4.65. The quantitative estimate of drug-likeness (QED) is 0.654. The lowest BCUT2D eigenvalue weighted by Gasteiger charge is -2.27. The number of amides is 2. The molecule has 2 N–H and O–H groups in total. The second-order valence-corrected chi connectivity index (χ2v) is 6.45. The first kappa shape index (κ1) is 21.6. The molecule has 0 radical (unpaired) electrons. The Morgan fingerprint density at radius 1 is 1.04 bits per heavy atom. The standard InChI is InChI=1S/C19H29N3O4/c1-6-12(3)15(21-17(23)14-10-8-9-11-20-14)18(24)22-16(13(4)7-2)19(25)26-5/h8-13,15-16H,6-7H2,1-5H3,(H,21,23)(H,22,24)/t12-,13-,15-,16-/m0/s1. The first-order chi connectivity index (χ1) is 12.3. The van der Waals surface area contributed by atoms with Crippen molar-refractivity contribution in [3.8, 4) is 0 Å². The lowest BCUT2D eigenvalue weighted by atomic mass is 9.95. The Kier molecular flexibility index (Phi) is 8.75. The summed E-state index contributed by atoms with van der Waals surface area (Å²) in [4.78, 5) is 41.2. The van der Waals surface area contributed by atoms with Crippen molar-refractivity contribution in [3.05, 3.63) is 30.1 Å².